The largest absolute Gasteiger partial charge is 0.461 e. The van der Waals surface area contributed by atoms with Gasteiger partial charge in [0.1, 0.15) is 10.7 Å². The standard InChI is InChI=1S/C14H10F3N3O2S2/c15-14(16,17)11-8(5-18-20-11)1-3-22-13(21)10-7-24-12(19-10)9-2-4-23-6-9/h2,4-7H,1,3H2,(H,18,20). The number of nitrogens with zero attached hydrogens (tertiary/aromatic N) is 2. The lowest BCUT2D eigenvalue weighted by atomic mass is 10.2. The molecule has 10 heteroatoms. The third-order valence-corrected chi connectivity index (χ3v) is 4.66. The van der Waals surface area contributed by atoms with Gasteiger partial charge in [0.15, 0.2) is 5.69 Å². The summed E-state index contributed by atoms with van der Waals surface area (Å²) in [4.78, 5) is 16.1. The number of aromatic amines is 1. The van der Waals surface area contributed by atoms with E-state index < -0.39 is 17.8 Å². The van der Waals surface area contributed by atoms with Crippen LogP contribution in [0.5, 0.6) is 0 Å². The lowest BCUT2D eigenvalue weighted by Gasteiger charge is -2.07. The summed E-state index contributed by atoms with van der Waals surface area (Å²) in [5.41, 5.74) is 0.0844. The van der Waals surface area contributed by atoms with Crippen LogP contribution in [-0.4, -0.2) is 27.8 Å². The molecule has 0 aliphatic rings. The van der Waals surface area contributed by atoms with Crippen molar-refractivity contribution in [3.63, 3.8) is 0 Å². The minimum atomic E-state index is -4.51. The van der Waals surface area contributed by atoms with Crippen molar-refractivity contribution < 1.29 is 22.7 Å². The van der Waals surface area contributed by atoms with E-state index in [2.05, 4.69) is 10.1 Å². The Morgan fingerprint density at radius 2 is 2.17 bits per heavy atom. The van der Waals surface area contributed by atoms with Crippen LogP contribution in [0.1, 0.15) is 21.7 Å². The van der Waals surface area contributed by atoms with Crippen LogP contribution in [0.25, 0.3) is 10.6 Å². The van der Waals surface area contributed by atoms with Gasteiger partial charge in [0.05, 0.1) is 12.8 Å². The van der Waals surface area contributed by atoms with E-state index in [-0.39, 0.29) is 24.3 Å². The Hall–Kier alpha value is -2.20. The lowest BCUT2D eigenvalue weighted by molar-refractivity contribution is -0.141. The maximum absolute atomic E-state index is 12.7. The number of esters is 1. The van der Waals surface area contributed by atoms with E-state index in [1.54, 1.807) is 5.38 Å². The summed E-state index contributed by atoms with van der Waals surface area (Å²) < 4.78 is 43.0. The Kier molecular flexibility index (Phi) is 4.67. The molecule has 0 saturated carbocycles. The first kappa shape index (κ1) is 16.7. The van der Waals surface area contributed by atoms with E-state index in [1.807, 2.05) is 21.9 Å². The van der Waals surface area contributed by atoms with Crippen molar-refractivity contribution in [3.05, 3.63) is 45.4 Å². The zero-order valence-corrected chi connectivity index (χ0v) is 13.6. The zero-order chi connectivity index (χ0) is 17.2. The number of thiazole rings is 1. The van der Waals surface area contributed by atoms with Crippen LogP contribution < -0.4 is 0 Å². The molecule has 5 nitrogen and oxygen atoms in total. The van der Waals surface area contributed by atoms with Crippen molar-refractivity contribution in [3.8, 4) is 10.6 Å². The Bertz CT molecular complexity index is 825. The number of carbonyl (C=O) groups excluding carboxylic acids is 1. The van der Waals surface area contributed by atoms with E-state index in [0.717, 1.165) is 11.8 Å². The third kappa shape index (κ3) is 3.65. The molecular weight excluding hydrogens is 363 g/mol. The van der Waals surface area contributed by atoms with Crippen molar-refractivity contribution in [1.29, 1.82) is 0 Å². The first-order valence-corrected chi connectivity index (χ1v) is 8.52. The van der Waals surface area contributed by atoms with E-state index in [1.165, 1.54) is 22.7 Å². The van der Waals surface area contributed by atoms with Gasteiger partial charge in [-0.15, -0.1) is 11.3 Å². The molecule has 0 spiro atoms. The fourth-order valence-electron chi connectivity index (χ4n) is 1.96. The second kappa shape index (κ2) is 6.73. The minimum Gasteiger partial charge on any atom is -0.461 e. The summed E-state index contributed by atoms with van der Waals surface area (Å²) in [6.07, 6.45) is -3.52. The van der Waals surface area contributed by atoms with Crippen molar-refractivity contribution in [1.82, 2.24) is 15.2 Å². The molecule has 0 aliphatic carbocycles. The van der Waals surface area contributed by atoms with Crippen LogP contribution in [0.4, 0.5) is 13.2 Å². The SMILES string of the molecule is O=C(OCCc1cn[nH]c1C(F)(F)F)c1csc(-c2ccsc2)n1. The van der Waals surface area contributed by atoms with Crippen molar-refractivity contribution in [2.45, 2.75) is 12.6 Å². The monoisotopic (exact) mass is 373 g/mol. The Labute approximate surface area is 142 Å². The number of hydrogen-bond acceptors (Lipinski definition) is 6. The summed E-state index contributed by atoms with van der Waals surface area (Å²) in [7, 11) is 0. The Morgan fingerprint density at radius 1 is 1.33 bits per heavy atom. The highest BCUT2D eigenvalue weighted by Gasteiger charge is 2.35. The van der Waals surface area contributed by atoms with E-state index in [0.29, 0.717) is 5.01 Å². The van der Waals surface area contributed by atoms with Crippen LogP contribution in [0.15, 0.2) is 28.4 Å². The van der Waals surface area contributed by atoms with Crippen LogP contribution in [0.3, 0.4) is 0 Å². The highest BCUT2D eigenvalue weighted by molar-refractivity contribution is 7.14. The molecule has 0 aromatic carbocycles. The molecule has 3 rings (SSSR count). The number of rotatable bonds is 5. The van der Waals surface area contributed by atoms with Gasteiger partial charge >= 0.3 is 12.1 Å². The highest BCUT2D eigenvalue weighted by atomic mass is 32.1. The molecule has 126 valence electrons. The van der Waals surface area contributed by atoms with E-state index in [4.69, 9.17) is 4.74 Å². The Morgan fingerprint density at radius 3 is 2.88 bits per heavy atom. The van der Waals surface area contributed by atoms with Crippen LogP contribution in [-0.2, 0) is 17.3 Å². The number of ether oxygens (including phenoxy) is 1. The number of H-pyrrole nitrogens is 1. The van der Waals surface area contributed by atoms with Gasteiger partial charge in [0, 0.05) is 28.3 Å². The van der Waals surface area contributed by atoms with E-state index in [9.17, 15) is 18.0 Å². The number of carbonyl (C=O) groups is 1. The third-order valence-electron chi connectivity index (χ3n) is 3.09. The summed E-state index contributed by atoms with van der Waals surface area (Å²) in [5.74, 6) is -0.662. The smallest absolute Gasteiger partial charge is 0.433 e. The van der Waals surface area contributed by atoms with Crippen molar-refractivity contribution >= 4 is 28.6 Å². The lowest BCUT2D eigenvalue weighted by Crippen LogP contribution is -2.12. The summed E-state index contributed by atoms with van der Waals surface area (Å²) in [6, 6.07) is 1.89. The average Bonchev–Trinajstić information content (AvgIpc) is 3.26. The topological polar surface area (TPSA) is 67.9 Å². The first-order chi connectivity index (χ1) is 11.4. The molecule has 3 aromatic heterocycles. The Balaban J connectivity index is 1.58. The molecule has 0 atom stereocenters. The molecule has 0 bridgehead atoms. The van der Waals surface area contributed by atoms with Gasteiger partial charge in [-0.2, -0.15) is 29.6 Å². The molecular formula is C14H10F3N3O2S2. The molecule has 24 heavy (non-hydrogen) atoms. The van der Waals surface area contributed by atoms with Gasteiger partial charge in [-0.05, 0) is 11.4 Å². The first-order valence-electron chi connectivity index (χ1n) is 6.70. The molecule has 3 heterocycles. The van der Waals surface area contributed by atoms with Crippen molar-refractivity contribution in [2.24, 2.45) is 0 Å². The minimum absolute atomic E-state index is 0.0486. The van der Waals surface area contributed by atoms with Gasteiger partial charge < -0.3 is 4.74 Å². The normalized spacial score (nSPS) is 11.6. The number of nitrogens with one attached hydrogen (secondary N) is 1. The second-order valence-corrected chi connectivity index (χ2v) is 6.34. The van der Waals surface area contributed by atoms with Gasteiger partial charge in [0.25, 0.3) is 0 Å². The molecule has 3 aromatic rings. The number of thiophene rings is 1. The highest BCUT2D eigenvalue weighted by Crippen LogP contribution is 2.30. The fourth-order valence-corrected chi connectivity index (χ4v) is 3.46. The number of alkyl halides is 3. The van der Waals surface area contributed by atoms with Crippen molar-refractivity contribution in [2.75, 3.05) is 6.61 Å². The molecule has 0 amide bonds. The average molecular weight is 373 g/mol. The summed E-state index contributed by atoms with van der Waals surface area (Å²) >= 11 is 2.82. The quantitative estimate of drug-likeness (QED) is 0.686. The molecule has 0 aliphatic heterocycles. The van der Waals surface area contributed by atoms with Gasteiger partial charge in [-0.3, -0.25) is 5.10 Å². The van der Waals surface area contributed by atoms with Crippen LogP contribution >= 0.6 is 22.7 Å². The van der Waals surface area contributed by atoms with E-state index >= 15 is 0 Å². The number of aromatic nitrogens is 3. The molecule has 0 radical (unpaired) electrons. The maximum Gasteiger partial charge on any atom is 0.433 e. The number of halogens is 3. The second-order valence-electron chi connectivity index (χ2n) is 4.70. The van der Waals surface area contributed by atoms with Gasteiger partial charge in [0.2, 0.25) is 0 Å². The molecule has 0 fully saturated rings. The maximum atomic E-state index is 12.7. The summed E-state index contributed by atoms with van der Waals surface area (Å²) in [6.45, 7) is -0.188. The van der Waals surface area contributed by atoms with Gasteiger partial charge in [-0.1, -0.05) is 0 Å². The van der Waals surface area contributed by atoms with Crippen LogP contribution in [0, 0.1) is 0 Å². The molecule has 0 unspecified atom stereocenters. The molecule has 1 N–H and O–H groups in total. The van der Waals surface area contributed by atoms with Crippen LogP contribution in [0.2, 0.25) is 0 Å². The summed E-state index contributed by atoms with van der Waals surface area (Å²) in [5, 5.41) is 11.4. The zero-order valence-electron chi connectivity index (χ0n) is 12.0. The predicted octanol–water partition coefficient (Wildman–Crippen LogP) is 4.01. The molecule has 0 saturated heterocycles. The predicted molar refractivity (Wildman–Crippen MR) is 83.0 cm³/mol. The fraction of sp³-hybridized carbons (Fsp3) is 0.214. The number of hydrogen-bond donors (Lipinski definition) is 1. The van der Waals surface area contributed by atoms with Gasteiger partial charge in [-0.25, -0.2) is 9.78 Å².